The molecule has 0 saturated carbocycles. The van der Waals surface area contributed by atoms with Gasteiger partial charge in [0.1, 0.15) is 0 Å². The fourth-order valence-electron chi connectivity index (χ4n) is 1.50. The number of nitrogens with two attached hydrogens (primary N) is 1. The molecule has 2 amide bonds. The number of urea groups is 1. The van der Waals surface area contributed by atoms with E-state index in [1.165, 1.54) is 0 Å². The van der Waals surface area contributed by atoms with Gasteiger partial charge in [0.05, 0.1) is 0 Å². The standard InChI is InChI=1S/C13H21N3O/c1-10(2)12(8-14)16-13(17)15-9-11-6-4-3-5-7-11/h3-7,10,12H,8-9,14H2,1-2H3,(H2,15,16,17). The molecule has 17 heavy (non-hydrogen) atoms. The van der Waals surface area contributed by atoms with Crippen molar-refractivity contribution in [2.24, 2.45) is 11.7 Å². The summed E-state index contributed by atoms with van der Waals surface area (Å²) in [6.07, 6.45) is 0. The molecule has 1 rings (SSSR count). The highest BCUT2D eigenvalue weighted by molar-refractivity contribution is 5.74. The average Bonchev–Trinajstić information content (AvgIpc) is 2.34. The molecule has 4 heteroatoms. The fraction of sp³-hybridized carbons (Fsp3) is 0.462. The molecule has 0 bridgehead atoms. The number of hydrogen-bond acceptors (Lipinski definition) is 2. The molecular weight excluding hydrogens is 214 g/mol. The number of hydrogen-bond donors (Lipinski definition) is 3. The van der Waals surface area contributed by atoms with Crippen molar-refractivity contribution in [2.75, 3.05) is 6.54 Å². The van der Waals surface area contributed by atoms with Gasteiger partial charge in [0.15, 0.2) is 0 Å². The van der Waals surface area contributed by atoms with Crippen LogP contribution in [0.3, 0.4) is 0 Å². The molecule has 0 radical (unpaired) electrons. The van der Waals surface area contributed by atoms with Gasteiger partial charge in [-0.3, -0.25) is 0 Å². The zero-order valence-electron chi connectivity index (χ0n) is 10.4. The minimum absolute atomic E-state index is 0.0192. The Hall–Kier alpha value is -1.55. The number of carbonyl (C=O) groups is 1. The molecule has 0 aliphatic heterocycles. The quantitative estimate of drug-likeness (QED) is 0.723. The summed E-state index contributed by atoms with van der Waals surface area (Å²) in [4.78, 5) is 11.6. The lowest BCUT2D eigenvalue weighted by molar-refractivity contribution is 0.233. The first-order chi connectivity index (χ1) is 8.13. The first kappa shape index (κ1) is 13.5. The molecule has 0 aliphatic carbocycles. The summed E-state index contributed by atoms with van der Waals surface area (Å²) in [6.45, 7) is 5.06. The minimum Gasteiger partial charge on any atom is -0.334 e. The Morgan fingerprint density at radius 2 is 1.94 bits per heavy atom. The molecule has 1 aromatic carbocycles. The molecule has 0 fully saturated rings. The van der Waals surface area contributed by atoms with Crippen LogP contribution < -0.4 is 16.4 Å². The van der Waals surface area contributed by atoms with Crippen LogP contribution in [0.15, 0.2) is 30.3 Å². The average molecular weight is 235 g/mol. The second-order valence-electron chi connectivity index (χ2n) is 4.40. The highest BCUT2D eigenvalue weighted by Gasteiger charge is 2.13. The molecule has 1 unspecified atom stereocenters. The molecular formula is C13H21N3O. The minimum atomic E-state index is -0.169. The van der Waals surface area contributed by atoms with E-state index in [1.54, 1.807) is 0 Å². The summed E-state index contributed by atoms with van der Waals surface area (Å²) >= 11 is 0. The van der Waals surface area contributed by atoms with E-state index < -0.39 is 0 Å². The number of benzene rings is 1. The number of carbonyl (C=O) groups excluding carboxylic acids is 1. The fourth-order valence-corrected chi connectivity index (χ4v) is 1.50. The summed E-state index contributed by atoms with van der Waals surface area (Å²) in [5, 5.41) is 5.67. The van der Waals surface area contributed by atoms with E-state index >= 15 is 0 Å². The molecule has 0 aliphatic rings. The van der Waals surface area contributed by atoms with Gasteiger partial charge in [-0.25, -0.2) is 4.79 Å². The van der Waals surface area contributed by atoms with Gasteiger partial charge in [0.2, 0.25) is 0 Å². The van der Waals surface area contributed by atoms with Crippen molar-refractivity contribution in [3.63, 3.8) is 0 Å². The Balaban J connectivity index is 2.35. The molecule has 1 aromatic rings. The van der Waals surface area contributed by atoms with Gasteiger partial charge in [-0.15, -0.1) is 0 Å². The Morgan fingerprint density at radius 3 is 2.47 bits per heavy atom. The van der Waals surface area contributed by atoms with Gasteiger partial charge >= 0.3 is 6.03 Å². The lowest BCUT2D eigenvalue weighted by atomic mass is 10.1. The smallest absolute Gasteiger partial charge is 0.315 e. The Labute approximate surface area is 103 Å². The molecule has 1 atom stereocenters. The van der Waals surface area contributed by atoms with Gasteiger partial charge in [0.25, 0.3) is 0 Å². The monoisotopic (exact) mass is 235 g/mol. The van der Waals surface area contributed by atoms with Crippen molar-refractivity contribution < 1.29 is 4.79 Å². The lowest BCUT2D eigenvalue weighted by Crippen LogP contribution is -2.47. The highest BCUT2D eigenvalue weighted by Crippen LogP contribution is 2.00. The molecule has 0 aromatic heterocycles. The predicted molar refractivity (Wildman–Crippen MR) is 69.5 cm³/mol. The maximum absolute atomic E-state index is 11.6. The van der Waals surface area contributed by atoms with Crippen LogP contribution in [0.25, 0.3) is 0 Å². The lowest BCUT2D eigenvalue weighted by Gasteiger charge is -2.20. The van der Waals surface area contributed by atoms with E-state index in [0.29, 0.717) is 19.0 Å². The Morgan fingerprint density at radius 1 is 1.29 bits per heavy atom. The van der Waals surface area contributed by atoms with Crippen LogP contribution in [0.1, 0.15) is 19.4 Å². The number of nitrogens with one attached hydrogen (secondary N) is 2. The van der Waals surface area contributed by atoms with E-state index in [4.69, 9.17) is 5.73 Å². The summed E-state index contributed by atoms with van der Waals surface area (Å²) in [6, 6.07) is 9.65. The van der Waals surface area contributed by atoms with Crippen LogP contribution in [0.5, 0.6) is 0 Å². The zero-order chi connectivity index (χ0) is 12.7. The first-order valence-electron chi connectivity index (χ1n) is 5.92. The van der Waals surface area contributed by atoms with E-state index in [9.17, 15) is 4.79 Å². The Bertz CT molecular complexity index is 338. The molecule has 0 spiro atoms. The third-order valence-corrected chi connectivity index (χ3v) is 2.67. The maximum Gasteiger partial charge on any atom is 0.315 e. The van der Waals surface area contributed by atoms with Gasteiger partial charge in [0, 0.05) is 19.1 Å². The van der Waals surface area contributed by atoms with Crippen LogP contribution in [-0.2, 0) is 6.54 Å². The van der Waals surface area contributed by atoms with Crippen molar-refractivity contribution in [1.82, 2.24) is 10.6 Å². The summed E-state index contributed by atoms with van der Waals surface area (Å²) in [5.41, 5.74) is 6.67. The molecule has 4 N–H and O–H groups in total. The number of rotatable bonds is 5. The van der Waals surface area contributed by atoms with Crippen molar-refractivity contribution in [1.29, 1.82) is 0 Å². The predicted octanol–water partition coefficient (Wildman–Crippen LogP) is 1.47. The van der Waals surface area contributed by atoms with Gasteiger partial charge < -0.3 is 16.4 Å². The van der Waals surface area contributed by atoms with Crippen LogP contribution in [0, 0.1) is 5.92 Å². The zero-order valence-corrected chi connectivity index (χ0v) is 10.4. The molecule has 0 heterocycles. The van der Waals surface area contributed by atoms with E-state index in [1.807, 2.05) is 44.2 Å². The number of amides is 2. The van der Waals surface area contributed by atoms with E-state index in [2.05, 4.69) is 10.6 Å². The van der Waals surface area contributed by atoms with Gasteiger partial charge in [-0.05, 0) is 11.5 Å². The SMILES string of the molecule is CC(C)C(CN)NC(=O)NCc1ccccc1. The summed E-state index contributed by atoms with van der Waals surface area (Å²) in [7, 11) is 0. The Kier molecular flexibility index (Phi) is 5.49. The normalized spacial score (nSPS) is 12.2. The third-order valence-electron chi connectivity index (χ3n) is 2.67. The second-order valence-corrected chi connectivity index (χ2v) is 4.40. The maximum atomic E-state index is 11.6. The molecule has 0 saturated heterocycles. The summed E-state index contributed by atoms with van der Waals surface area (Å²) < 4.78 is 0. The first-order valence-corrected chi connectivity index (χ1v) is 5.92. The van der Waals surface area contributed by atoms with Crippen molar-refractivity contribution in [2.45, 2.75) is 26.4 Å². The van der Waals surface area contributed by atoms with E-state index in [-0.39, 0.29) is 12.1 Å². The second kappa shape index (κ2) is 6.91. The van der Waals surface area contributed by atoms with E-state index in [0.717, 1.165) is 5.56 Å². The molecule has 94 valence electrons. The van der Waals surface area contributed by atoms with Crippen molar-refractivity contribution in [3.05, 3.63) is 35.9 Å². The van der Waals surface area contributed by atoms with Crippen LogP contribution in [0.4, 0.5) is 4.79 Å². The van der Waals surface area contributed by atoms with Crippen LogP contribution in [-0.4, -0.2) is 18.6 Å². The summed E-state index contributed by atoms with van der Waals surface area (Å²) in [5.74, 6) is 0.336. The van der Waals surface area contributed by atoms with Gasteiger partial charge in [-0.2, -0.15) is 0 Å². The largest absolute Gasteiger partial charge is 0.334 e. The van der Waals surface area contributed by atoms with Crippen molar-refractivity contribution in [3.8, 4) is 0 Å². The molecule has 4 nitrogen and oxygen atoms in total. The van der Waals surface area contributed by atoms with Gasteiger partial charge in [-0.1, -0.05) is 44.2 Å². The van der Waals surface area contributed by atoms with Crippen LogP contribution >= 0.6 is 0 Å². The van der Waals surface area contributed by atoms with Crippen LogP contribution in [0.2, 0.25) is 0 Å². The topological polar surface area (TPSA) is 67.1 Å². The third kappa shape index (κ3) is 4.87. The highest BCUT2D eigenvalue weighted by atomic mass is 16.2. The van der Waals surface area contributed by atoms with Crippen molar-refractivity contribution >= 4 is 6.03 Å².